The summed E-state index contributed by atoms with van der Waals surface area (Å²) in [5.41, 5.74) is 15.4. The van der Waals surface area contributed by atoms with E-state index in [0.717, 1.165) is 22.8 Å². The number of anilines is 6. The van der Waals surface area contributed by atoms with Gasteiger partial charge in [0.25, 0.3) is 30.4 Å². The second-order valence-electron chi connectivity index (χ2n) is 12.3. The fraction of sp³-hybridized carbons (Fsp3) is 0. The van der Waals surface area contributed by atoms with Crippen LogP contribution in [0.5, 0.6) is 0 Å². The number of rotatable bonds is 10. The largest absolute Gasteiger partial charge is 0.295 e. The average Bonchev–Trinajstić information content (AvgIpc) is 3.80. The number of fused-ring (bicyclic) bond motifs is 6. The molecule has 0 radical (unpaired) electrons. The van der Waals surface area contributed by atoms with Crippen LogP contribution in [0, 0.1) is 0 Å². The summed E-state index contributed by atoms with van der Waals surface area (Å²) in [4.78, 5) is -0.645. The van der Waals surface area contributed by atoms with E-state index in [1.807, 2.05) is 12.1 Å². The van der Waals surface area contributed by atoms with E-state index in [4.69, 9.17) is 5.26 Å². The lowest BCUT2D eigenvalue weighted by Gasteiger charge is -2.20. The molecule has 0 saturated heterocycles. The summed E-state index contributed by atoms with van der Waals surface area (Å²) in [5.74, 6) is 0. The number of nitrogens with one attached hydrogen (secondary N) is 4. The van der Waals surface area contributed by atoms with Crippen LogP contribution in [-0.2, 0) is 39.7 Å². The van der Waals surface area contributed by atoms with E-state index in [0.29, 0.717) is 44.1 Å². The predicted octanol–water partition coefficient (Wildman–Crippen LogP) is 6.68. The maximum Gasteiger partial charge on any atom is 0.295 e. The van der Waals surface area contributed by atoms with Crippen molar-refractivity contribution in [2.24, 2.45) is 0 Å². The fourth-order valence-electron chi connectivity index (χ4n) is 6.31. The third-order valence-electron chi connectivity index (χ3n) is 8.86. The van der Waals surface area contributed by atoms with Crippen LogP contribution in [0.1, 0.15) is 11.1 Å². The molecular formula is C34H26N6O12S4. The van der Waals surface area contributed by atoms with Crippen molar-refractivity contribution in [3.63, 3.8) is 0 Å². The number of nitrogens with zero attached hydrogens (tertiary/aromatic N) is 2. The first-order chi connectivity index (χ1) is 26.6. The fourth-order valence-corrected chi connectivity index (χ4v) is 8.65. The van der Waals surface area contributed by atoms with Gasteiger partial charge >= 0.3 is 0 Å². The third-order valence-corrected chi connectivity index (χ3v) is 12.1. The summed E-state index contributed by atoms with van der Waals surface area (Å²) in [6, 6.07) is 24.6. The molecule has 2 aliphatic heterocycles. The van der Waals surface area contributed by atoms with Crippen molar-refractivity contribution in [2.75, 3.05) is 31.9 Å². The van der Waals surface area contributed by atoms with Crippen molar-refractivity contribution in [1.82, 2.24) is 0 Å². The first-order valence-corrected chi connectivity index (χ1v) is 21.0. The Morgan fingerprint density at radius 1 is 0.554 bits per heavy atom. The summed E-state index contributed by atoms with van der Waals surface area (Å²) in [6.45, 7) is 0. The Kier molecular flexibility index (Phi) is 9.20. The zero-order chi connectivity index (χ0) is 39.6. The Balaban J connectivity index is 1.06. The number of hydrogen-bond acceptors (Lipinski definition) is 16. The highest BCUT2D eigenvalue weighted by Gasteiger charge is 2.26. The van der Waals surface area contributed by atoms with Gasteiger partial charge in [0.15, 0.2) is 0 Å². The Morgan fingerprint density at radius 2 is 1.05 bits per heavy atom. The van der Waals surface area contributed by atoms with Crippen molar-refractivity contribution >= 4 is 110 Å². The normalized spacial score (nSPS) is 14.1. The maximum atomic E-state index is 12.6. The minimum Gasteiger partial charge on any atom is -0.282 e. The third kappa shape index (κ3) is 7.12. The highest BCUT2D eigenvalue weighted by Crippen LogP contribution is 2.41. The summed E-state index contributed by atoms with van der Waals surface area (Å²) < 4.78 is 108. The number of hydrazine groups is 4. The van der Waals surface area contributed by atoms with Gasteiger partial charge in [-0.2, -0.15) is 35.5 Å². The highest BCUT2D eigenvalue weighted by atomic mass is 32.2. The van der Waals surface area contributed by atoms with Crippen LogP contribution in [0.4, 0.5) is 34.1 Å². The van der Waals surface area contributed by atoms with E-state index >= 15 is 0 Å². The second-order valence-corrected chi connectivity index (χ2v) is 17.3. The summed E-state index contributed by atoms with van der Waals surface area (Å²) in [5, 5.41) is 17.6. The molecule has 0 spiro atoms. The van der Waals surface area contributed by atoms with E-state index in [2.05, 4.69) is 31.1 Å². The molecule has 0 fully saturated rings. The molecule has 0 amide bonds. The van der Waals surface area contributed by atoms with Crippen molar-refractivity contribution in [3.8, 4) is 0 Å². The average molecular weight is 839 g/mol. The van der Waals surface area contributed by atoms with Gasteiger partial charge in [-0.3, -0.25) is 35.4 Å². The predicted molar refractivity (Wildman–Crippen MR) is 209 cm³/mol. The van der Waals surface area contributed by atoms with Gasteiger partial charge in [-0.25, -0.2) is 5.26 Å². The van der Waals surface area contributed by atoms with Crippen molar-refractivity contribution in [3.05, 3.63) is 108 Å². The maximum absolute atomic E-state index is 12.6. The zero-order valence-electron chi connectivity index (χ0n) is 28.0. The number of benzene rings is 6. The van der Waals surface area contributed by atoms with Gasteiger partial charge in [0.1, 0.15) is 9.79 Å². The summed E-state index contributed by atoms with van der Waals surface area (Å²) in [7, 11) is -14.1. The van der Waals surface area contributed by atoms with Crippen molar-refractivity contribution in [1.29, 1.82) is 0 Å². The molecule has 6 aromatic carbocycles. The molecule has 0 saturated carbocycles. The molecule has 8 rings (SSSR count). The van der Waals surface area contributed by atoms with Crippen LogP contribution in [0.2, 0.25) is 0 Å². The second kappa shape index (κ2) is 13.8. The molecule has 0 bridgehead atoms. The van der Waals surface area contributed by atoms with Gasteiger partial charge in [0.05, 0.1) is 51.1 Å². The van der Waals surface area contributed by atoms with E-state index < -0.39 is 40.1 Å². The van der Waals surface area contributed by atoms with E-state index in [-0.39, 0.29) is 21.7 Å². The molecule has 288 valence electrons. The topological polar surface area (TPSA) is 256 Å². The Morgan fingerprint density at radius 3 is 1.54 bits per heavy atom. The summed E-state index contributed by atoms with van der Waals surface area (Å²) >= 11 is 0.807. The monoisotopic (exact) mass is 838 g/mol. The van der Waals surface area contributed by atoms with Gasteiger partial charge in [-0.05, 0) is 82.6 Å². The molecule has 2 aliphatic rings. The van der Waals surface area contributed by atoms with Gasteiger partial charge in [0.2, 0.25) is 0 Å². The summed E-state index contributed by atoms with van der Waals surface area (Å²) in [6.07, 6.45) is 2.55. The number of hydrogen-bond donors (Lipinski definition) is 8. The minimum absolute atomic E-state index is 0.00485. The Labute approximate surface area is 322 Å². The van der Waals surface area contributed by atoms with E-state index in [1.54, 1.807) is 36.4 Å². The first-order valence-electron chi connectivity index (χ1n) is 15.9. The molecule has 0 aliphatic carbocycles. The van der Waals surface area contributed by atoms with Crippen LogP contribution < -0.4 is 31.9 Å². The van der Waals surface area contributed by atoms with Crippen LogP contribution in [0.25, 0.3) is 33.7 Å². The molecular weight excluding hydrogens is 813 g/mol. The molecule has 0 atom stereocenters. The molecule has 2 heterocycles. The lowest BCUT2D eigenvalue weighted by molar-refractivity contribution is -0.432. The SMILES string of the molecule is O=S(=O)(O)c1ccc2c3c(ccc2c1)NN(c1ccc(/C=C/c2ccc(N4Nc5ccc6cc(SOOO)ccc6c5N4)cc2S(=O)(=O)O)c(S(=O)(=O)O)c1)N3. The van der Waals surface area contributed by atoms with E-state index in [9.17, 15) is 38.9 Å². The van der Waals surface area contributed by atoms with E-state index in [1.165, 1.54) is 70.9 Å². The van der Waals surface area contributed by atoms with Crippen LogP contribution in [0.3, 0.4) is 0 Å². The Bertz CT molecular complexity index is 2980. The highest BCUT2D eigenvalue weighted by molar-refractivity contribution is 7.94. The quantitative estimate of drug-likeness (QED) is 0.0235. The first kappa shape index (κ1) is 37.3. The van der Waals surface area contributed by atoms with Crippen LogP contribution in [-0.4, -0.2) is 44.2 Å². The molecule has 22 heteroatoms. The smallest absolute Gasteiger partial charge is 0.282 e. The van der Waals surface area contributed by atoms with Gasteiger partial charge < -0.3 is 0 Å². The van der Waals surface area contributed by atoms with Crippen molar-refractivity contribution < 1.29 is 53.5 Å². The molecule has 56 heavy (non-hydrogen) atoms. The molecule has 6 aromatic rings. The zero-order valence-corrected chi connectivity index (χ0v) is 31.2. The van der Waals surface area contributed by atoms with Gasteiger partial charge in [-0.15, -0.1) is 4.33 Å². The standard InChI is InChI=1S/C34H26N6O12S4/c41-51-52-53-25-9-11-27-21(15-25)5-13-29-33(27)37-39(35-29)23-7-3-19(31(17-23)55(45,46)47)1-2-20-4-8-24(18-32(20)56(48,49)50)40-36-30-14-6-22-16-26(54(42,43)44)10-12-28(22)34(30)38-40/h1-18,35-38,41H,(H,42,43,44)(H,45,46,47)(H,48,49,50)/b2-1+. The molecule has 18 nitrogen and oxygen atoms in total. The minimum atomic E-state index is -4.84. The lowest BCUT2D eigenvalue weighted by Crippen LogP contribution is -2.29. The molecule has 8 N–H and O–H groups in total. The van der Waals surface area contributed by atoms with Crippen LogP contribution >= 0.6 is 12.0 Å². The van der Waals surface area contributed by atoms with Crippen molar-refractivity contribution in [2.45, 2.75) is 19.6 Å². The van der Waals surface area contributed by atoms with Gasteiger partial charge in [-0.1, -0.05) is 53.6 Å². The molecule has 0 unspecified atom stereocenters. The van der Waals surface area contributed by atoms with Crippen LogP contribution in [0.15, 0.2) is 117 Å². The Hall–Kier alpha value is -5.66. The lowest BCUT2D eigenvalue weighted by atomic mass is 10.1. The van der Waals surface area contributed by atoms with Gasteiger partial charge in [0, 0.05) is 15.7 Å². The molecule has 0 aromatic heterocycles.